The van der Waals surface area contributed by atoms with Crippen molar-refractivity contribution >= 4 is 0 Å². The molecule has 2 fully saturated rings. The molecular weight excluding hydrogens is 220 g/mol. The van der Waals surface area contributed by atoms with E-state index >= 15 is 0 Å². The summed E-state index contributed by atoms with van der Waals surface area (Å²) in [6.07, 6.45) is 12.2. The Labute approximate surface area is 113 Å². The van der Waals surface area contributed by atoms with E-state index in [-0.39, 0.29) is 0 Å². The minimum Gasteiger partial charge on any atom is -0.326 e. The Morgan fingerprint density at radius 2 is 1.94 bits per heavy atom. The van der Waals surface area contributed by atoms with Crippen molar-refractivity contribution in [2.45, 2.75) is 89.8 Å². The standard InChI is InChI=1S/C16H32N2/c1-3-7-14-8-5-6-11-18(14)16-12-13(4-2)9-10-15(16)17/h13-16H,3-12,17H2,1-2H3. The van der Waals surface area contributed by atoms with E-state index in [1.807, 2.05) is 0 Å². The summed E-state index contributed by atoms with van der Waals surface area (Å²) in [5.74, 6) is 0.930. The van der Waals surface area contributed by atoms with Crippen LogP contribution in [0.4, 0.5) is 0 Å². The van der Waals surface area contributed by atoms with Gasteiger partial charge >= 0.3 is 0 Å². The van der Waals surface area contributed by atoms with Crippen LogP contribution in [0, 0.1) is 5.92 Å². The summed E-state index contributed by atoms with van der Waals surface area (Å²) >= 11 is 0. The Morgan fingerprint density at radius 1 is 1.11 bits per heavy atom. The Bertz CT molecular complexity index is 239. The molecule has 2 aliphatic rings. The van der Waals surface area contributed by atoms with Crippen LogP contribution in [0.3, 0.4) is 0 Å². The number of rotatable bonds is 4. The van der Waals surface area contributed by atoms with Crippen LogP contribution in [-0.4, -0.2) is 29.6 Å². The molecule has 0 radical (unpaired) electrons. The van der Waals surface area contributed by atoms with E-state index in [1.54, 1.807) is 0 Å². The van der Waals surface area contributed by atoms with Crippen LogP contribution in [-0.2, 0) is 0 Å². The van der Waals surface area contributed by atoms with Crippen LogP contribution < -0.4 is 5.73 Å². The topological polar surface area (TPSA) is 29.3 Å². The molecule has 2 nitrogen and oxygen atoms in total. The summed E-state index contributed by atoms with van der Waals surface area (Å²) < 4.78 is 0. The molecule has 4 atom stereocenters. The summed E-state index contributed by atoms with van der Waals surface area (Å²) in [5.41, 5.74) is 6.44. The van der Waals surface area contributed by atoms with Gasteiger partial charge < -0.3 is 5.73 Å². The highest BCUT2D eigenvalue weighted by Gasteiger charge is 2.35. The minimum absolute atomic E-state index is 0.435. The highest BCUT2D eigenvalue weighted by molar-refractivity contribution is 4.93. The number of hydrogen-bond acceptors (Lipinski definition) is 2. The van der Waals surface area contributed by atoms with Crippen molar-refractivity contribution in [3.8, 4) is 0 Å². The van der Waals surface area contributed by atoms with Crippen LogP contribution in [0.5, 0.6) is 0 Å². The molecule has 2 N–H and O–H groups in total. The summed E-state index contributed by atoms with van der Waals surface area (Å²) in [4.78, 5) is 2.81. The van der Waals surface area contributed by atoms with Crippen LogP contribution >= 0.6 is 0 Å². The summed E-state index contributed by atoms with van der Waals surface area (Å²) in [7, 11) is 0. The molecule has 1 heterocycles. The van der Waals surface area contributed by atoms with Gasteiger partial charge in [-0.1, -0.05) is 33.1 Å². The van der Waals surface area contributed by atoms with Gasteiger partial charge in [-0.25, -0.2) is 0 Å². The molecule has 0 bridgehead atoms. The van der Waals surface area contributed by atoms with Crippen molar-refractivity contribution < 1.29 is 0 Å². The first kappa shape index (κ1) is 14.3. The summed E-state index contributed by atoms with van der Waals surface area (Å²) in [6, 6.07) is 1.95. The van der Waals surface area contributed by atoms with Gasteiger partial charge in [-0.05, 0) is 51.0 Å². The van der Waals surface area contributed by atoms with Crippen LogP contribution in [0.15, 0.2) is 0 Å². The maximum atomic E-state index is 6.44. The fourth-order valence-corrected chi connectivity index (χ4v) is 4.11. The molecule has 0 amide bonds. The smallest absolute Gasteiger partial charge is 0.0252 e. The first-order chi connectivity index (χ1) is 8.76. The lowest BCUT2D eigenvalue weighted by atomic mass is 9.79. The minimum atomic E-state index is 0.435. The van der Waals surface area contributed by atoms with Gasteiger partial charge in [0.25, 0.3) is 0 Å². The Hall–Kier alpha value is -0.0800. The van der Waals surface area contributed by atoms with Crippen molar-refractivity contribution in [2.24, 2.45) is 11.7 Å². The van der Waals surface area contributed by atoms with Crippen molar-refractivity contribution in [3.63, 3.8) is 0 Å². The maximum Gasteiger partial charge on any atom is 0.0252 e. The third-order valence-electron chi connectivity index (χ3n) is 5.28. The Kier molecular flexibility index (Phi) is 5.50. The average molecular weight is 252 g/mol. The predicted octanol–water partition coefficient (Wildman–Crippen LogP) is 3.55. The molecule has 0 aromatic carbocycles. The molecule has 18 heavy (non-hydrogen) atoms. The maximum absolute atomic E-state index is 6.44. The zero-order valence-corrected chi connectivity index (χ0v) is 12.4. The monoisotopic (exact) mass is 252 g/mol. The van der Waals surface area contributed by atoms with Crippen LogP contribution in [0.25, 0.3) is 0 Å². The highest BCUT2D eigenvalue weighted by Crippen LogP contribution is 2.33. The molecule has 1 saturated carbocycles. The van der Waals surface area contributed by atoms with Crippen molar-refractivity contribution in [2.75, 3.05) is 6.54 Å². The molecule has 1 saturated heterocycles. The second kappa shape index (κ2) is 6.91. The Balaban J connectivity index is 2.01. The largest absolute Gasteiger partial charge is 0.326 e. The van der Waals surface area contributed by atoms with E-state index in [1.165, 1.54) is 64.3 Å². The quantitative estimate of drug-likeness (QED) is 0.829. The molecule has 2 heteroatoms. The van der Waals surface area contributed by atoms with Gasteiger partial charge in [0, 0.05) is 18.1 Å². The molecule has 0 spiro atoms. The third kappa shape index (κ3) is 3.27. The second-order valence-corrected chi connectivity index (χ2v) is 6.49. The molecule has 1 aliphatic carbocycles. The van der Waals surface area contributed by atoms with E-state index in [0.717, 1.165) is 12.0 Å². The lowest BCUT2D eigenvalue weighted by molar-refractivity contribution is 0.0417. The number of piperidine rings is 1. The lowest BCUT2D eigenvalue weighted by Crippen LogP contribution is -2.56. The van der Waals surface area contributed by atoms with Crippen molar-refractivity contribution in [1.29, 1.82) is 0 Å². The third-order valence-corrected chi connectivity index (χ3v) is 5.28. The average Bonchev–Trinajstić information content (AvgIpc) is 2.41. The van der Waals surface area contributed by atoms with Gasteiger partial charge in [-0.3, -0.25) is 4.90 Å². The van der Waals surface area contributed by atoms with E-state index in [0.29, 0.717) is 12.1 Å². The molecule has 1 aliphatic heterocycles. The molecule has 106 valence electrons. The summed E-state index contributed by atoms with van der Waals surface area (Å²) in [5, 5.41) is 0. The molecule has 0 aromatic rings. The van der Waals surface area contributed by atoms with E-state index in [9.17, 15) is 0 Å². The number of nitrogens with two attached hydrogens (primary N) is 1. The molecule has 4 unspecified atom stereocenters. The lowest BCUT2D eigenvalue weighted by Gasteiger charge is -2.47. The first-order valence-corrected chi connectivity index (χ1v) is 8.27. The number of nitrogens with zero attached hydrogens (tertiary/aromatic N) is 1. The Morgan fingerprint density at radius 3 is 2.67 bits per heavy atom. The summed E-state index contributed by atoms with van der Waals surface area (Å²) in [6.45, 7) is 5.97. The van der Waals surface area contributed by atoms with Gasteiger partial charge in [0.05, 0.1) is 0 Å². The fraction of sp³-hybridized carbons (Fsp3) is 1.00. The van der Waals surface area contributed by atoms with Crippen LogP contribution in [0.1, 0.15) is 71.6 Å². The van der Waals surface area contributed by atoms with Gasteiger partial charge in [-0.15, -0.1) is 0 Å². The zero-order chi connectivity index (χ0) is 13.0. The van der Waals surface area contributed by atoms with E-state index in [4.69, 9.17) is 5.73 Å². The zero-order valence-electron chi connectivity index (χ0n) is 12.4. The number of likely N-dealkylation sites (tertiary alicyclic amines) is 1. The van der Waals surface area contributed by atoms with Gasteiger partial charge in [0.2, 0.25) is 0 Å². The van der Waals surface area contributed by atoms with Gasteiger partial charge in [0.1, 0.15) is 0 Å². The van der Waals surface area contributed by atoms with Gasteiger partial charge in [-0.2, -0.15) is 0 Å². The first-order valence-electron chi connectivity index (χ1n) is 8.27. The molecule has 0 aromatic heterocycles. The molecular formula is C16H32N2. The van der Waals surface area contributed by atoms with Crippen LogP contribution in [0.2, 0.25) is 0 Å². The van der Waals surface area contributed by atoms with Crippen molar-refractivity contribution in [3.05, 3.63) is 0 Å². The van der Waals surface area contributed by atoms with Gasteiger partial charge in [0.15, 0.2) is 0 Å². The van der Waals surface area contributed by atoms with Crippen molar-refractivity contribution in [1.82, 2.24) is 4.90 Å². The number of hydrogen-bond donors (Lipinski definition) is 1. The normalized spacial score (nSPS) is 38.8. The fourth-order valence-electron chi connectivity index (χ4n) is 4.11. The second-order valence-electron chi connectivity index (χ2n) is 6.49. The van der Waals surface area contributed by atoms with E-state index in [2.05, 4.69) is 18.7 Å². The molecule has 2 rings (SSSR count). The highest BCUT2D eigenvalue weighted by atomic mass is 15.2. The SMILES string of the molecule is CCCC1CCCCN1C1CC(CC)CCC1N. The van der Waals surface area contributed by atoms with E-state index < -0.39 is 0 Å². The predicted molar refractivity (Wildman–Crippen MR) is 78.6 cm³/mol.